The van der Waals surface area contributed by atoms with Crippen molar-refractivity contribution in [1.82, 2.24) is 14.7 Å². The molecule has 4 rings (SSSR count). The van der Waals surface area contributed by atoms with Crippen molar-refractivity contribution in [3.63, 3.8) is 0 Å². The Balaban J connectivity index is 1.65. The minimum Gasteiger partial charge on any atom is -0.343 e. The summed E-state index contributed by atoms with van der Waals surface area (Å²) in [6.07, 6.45) is 0.933. The second-order valence-corrected chi connectivity index (χ2v) is 8.27. The number of urea groups is 1. The van der Waals surface area contributed by atoms with Gasteiger partial charge in [-0.1, -0.05) is 60.2 Å². The minimum atomic E-state index is -0.886. The van der Waals surface area contributed by atoms with E-state index in [-0.39, 0.29) is 24.4 Å². The van der Waals surface area contributed by atoms with Crippen LogP contribution in [-0.4, -0.2) is 51.2 Å². The Morgan fingerprint density at radius 2 is 1.60 bits per heavy atom. The van der Waals surface area contributed by atoms with Crippen LogP contribution in [0, 0.1) is 6.92 Å². The highest BCUT2D eigenvalue weighted by Crippen LogP contribution is 2.39. The molecule has 2 aliphatic rings. The topological polar surface area (TPSA) is 60.9 Å². The molecule has 0 atom stereocenters. The predicted molar refractivity (Wildman–Crippen MR) is 113 cm³/mol. The van der Waals surface area contributed by atoms with Crippen molar-refractivity contribution in [2.75, 3.05) is 13.1 Å². The van der Waals surface area contributed by atoms with Crippen LogP contribution in [0.3, 0.4) is 0 Å². The summed E-state index contributed by atoms with van der Waals surface area (Å²) in [5.41, 5.74) is 2.14. The molecule has 0 N–H and O–H groups in total. The highest BCUT2D eigenvalue weighted by molar-refractivity contribution is 6.07. The van der Waals surface area contributed by atoms with Crippen molar-refractivity contribution in [3.05, 3.63) is 71.3 Å². The van der Waals surface area contributed by atoms with Crippen molar-refractivity contribution in [2.45, 2.75) is 45.3 Å². The number of hydrogen-bond acceptors (Lipinski definition) is 3. The van der Waals surface area contributed by atoms with Gasteiger partial charge in [-0.25, -0.2) is 4.79 Å². The van der Waals surface area contributed by atoms with E-state index in [0.29, 0.717) is 32.5 Å². The van der Waals surface area contributed by atoms with Gasteiger partial charge in [-0.2, -0.15) is 0 Å². The quantitative estimate of drug-likeness (QED) is 0.733. The molecular formula is C24H27N3O3. The third-order valence-electron chi connectivity index (χ3n) is 6.26. The Bertz CT molecular complexity index is 965. The molecule has 6 heteroatoms. The normalized spacial score (nSPS) is 18.4. The van der Waals surface area contributed by atoms with Gasteiger partial charge in [-0.05, 0) is 30.9 Å². The van der Waals surface area contributed by atoms with Crippen LogP contribution in [0.1, 0.15) is 36.5 Å². The Kier molecular flexibility index (Phi) is 5.33. The lowest BCUT2D eigenvalue weighted by molar-refractivity contribution is -0.140. The third-order valence-corrected chi connectivity index (χ3v) is 6.26. The monoisotopic (exact) mass is 405 g/mol. The lowest BCUT2D eigenvalue weighted by Gasteiger charge is -2.42. The lowest BCUT2D eigenvalue weighted by Crippen LogP contribution is -2.56. The van der Waals surface area contributed by atoms with Gasteiger partial charge in [0.05, 0.1) is 6.54 Å². The Labute approximate surface area is 177 Å². The molecule has 0 bridgehead atoms. The summed E-state index contributed by atoms with van der Waals surface area (Å²) >= 11 is 0. The average Bonchev–Trinajstić information content (AvgIpc) is 2.91. The number of rotatable bonds is 4. The van der Waals surface area contributed by atoms with Crippen molar-refractivity contribution in [3.8, 4) is 0 Å². The number of imide groups is 1. The highest BCUT2D eigenvalue weighted by Gasteiger charge is 2.57. The standard InChI is InChI=1S/C24H27N3O3/c1-18-7-6-10-21(15-18)16-26-22(29)24(11-13-25(14-12-24)19(2)28)27(23(26)30)17-20-8-4-3-5-9-20/h3-10,15H,11-14,16-17H2,1-2H3. The zero-order valence-corrected chi connectivity index (χ0v) is 17.5. The van der Waals surface area contributed by atoms with E-state index in [0.717, 1.165) is 16.7 Å². The first-order valence-corrected chi connectivity index (χ1v) is 10.4. The van der Waals surface area contributed by atoms with Crippen LogP contribution in [0.25, 0.3) is 0 Å². The fourth-order valence-corrected chi connectivity index (χ4v) is 4.58. The first kappa shape index (κ1) is 20.1. The first-order chi connectivity index (χ1) is 14.4. The third kappa shape index (κ3) is 3.58. The molecule has 0 aromatic heterocycles. The molecule has 2 fully saturated rings. The summed E-state index contributed by atoms with van der Waals surface area (Å²) in [5.74, 6) is -0.138. The van der Waals surface area contributed by atoms with Gasteiger partial charge < -0.3 is 9.80 Å². The van der Waals surface area contributed by atoms with Gasteiger partial charge in [0.25, 0.3) is 5.91 Å². The van der Waals surface area contributed by atoms with Crippen LogP contribution in [0.15, 0.2) is 54.6 Å². The fraction of sp³-hybridized carbons (Fsp3) is 0.375. The smallest absolute Gasteiger partial charge is 0.328 e. The Morgan fingerprint density at radius 3 is 2.23 bits per heavy atom. The maximum absolute atomic E-state index is 13.6. The number of nitrogens with zero attached hydrogens (tertiary/aromatic N) is 3. The minimum absolute atomic E-state index is 0.00727. The summed E-state index contributed by atoms with van der Waals surface area (Å²) in [4.78, 5) is 43.8. The molecule has 2 aromatic carbocycles. The van der Waals surface area contributed by atoms with Crippen molar-refractivity contribution in [2.24, 2.45) is 0 Å². The van der Waals surface area contributed by atoms with E-state index in [1.807, 2.05) is 61.5 Å². The largest absolute Gasteiger partial charge is 0.343 e. The van der Waals surface area contributed by atoms with Crippen molar-refractivity contribution >= 4 is 17.8 Å². The number of carbonyl (C=O) groups excluding carboxylic acids is 3. The zero-order chi connectivity index (χ0) is 21.3. The summed E-state index contributed by atoms with van der Waals surface area (Å²) < 4.78 is 0. The van der Waals surface area contributed by atoms with Crippen molar-refractivity contribution in [1.29, 1.82) is 0 Å². The summed E-state index contributed by atoms with van der Waals surface area (Å²) in [5, 5.41) is 0. The molecule has 0 radical (unpaired) electrons. The maximum Gasteiger partial charge on any atom is 0.328 e. The number of carbonyl (C=O) groups is 3. The molecular weight excluding hydrogens is 378 g/mol. The molecule has 0 aliphatic carbocycles. The molecule has 2 heterocycles. The Morgan fingerprint density at radius 1 is 0.933 bits per heavy atom. The fourth-order valence-electron chi connectivity index (χ4n) is 4.58. The van der Waals surface area contributed by atoms with Gasteiger partial charge in [0, 0.05) is 26.6 Å². The number of piperidine rings is 1. The van der Waals surface area contributed by atoms with E-state index in [9.17, 15) is 14.4 Å². The molecule has 0 saturated carbocycles. The van der Waals surface area contributed by atoms with E-state index in [1.54, 1.807) is 16.7 Å². The SMILES string of the molecule is CC(=O)N1CCC2(CC1)C(=O)N(Cc1cccc(C)c1)C(=O)N2Cc1ccccc1. The van der Waals surface area contributed by atoms with Gasteiger partial charge in [0.1, 0.15) is 5.54 Å². The number of benzene rings is 2. The van der Waals surface area contributed by atoms with Gasteiger partial charge in [-0.3, -0.25) is 14.5 Å². The van der Waals surface area contributed by atoms with E-state index < -0.39 is 5.54 Å². The summed E-state index contributed by atoms with van der Waals surface area (Å²) in [7, 11) is 0. The molecule has 2 saturated heterocycles. The maximum atomic E-state index is 13.6. The molecule has 6 nitrogen and oxygen atoms in total. The van der Waals surface area contributed by atoms with Crippen LogP contribution >= 0.6 is 0 Å². The molecule has 2 aliphatic heterocycles. The van der Waals surface area contributed by atoms with E-state index in [1.165, 1.54) is 4.90 Å². The van der Waals surface area contributed by atoms with Crippen LogP contribution < -0.4 is 0 Å². The molecule has 0 unspecified atom stereocenters. The van der Waals surface area contributed by atoms with Gasteiger partial charge in [-0.15, -0.1) is 0 Å². The average molecular weight is 405 g/mol. The van der Waals surface area contributed by atoms with Crippen LogP contribution in [0.2, 0.25) is 0 Å². The van der Waals surface area contributed by atoms with E-state index in [2.05, 4.69) is 0 Å². The first-order valence-electron chi connectivity index (χ1n) is 10.4. The highest BCUT2D eigenvalue weighted by atomic mass is 16.2. The number of hydrogen-bond donors (Lipinski definition) is 0. The van der Waals surface area contributed by atoms with Gasteiger partial charge in [0.15, 0.2) is 0 Å². The van der Waals surface area contributed by atoms with Crippen molar-refractivity contribution < 1.29 is 14.4 Å². The number of aryl methyl sites for hydroxylation is 1. The molecule has 1 spiro atoms. The summed E-state index contributed by atoms with van der Waals surface area (Å²) in [6, 6.07) is 17.4. The second kappa shape index (κ2) is 7.94. The Hall–Kier alpha value is -3.15. The predicted octanol–water partition coefficient (Wildman–Crippen LogP) is 3.34. The molecule has 156 valence electrons. The molecule has 30 heavy (non-hydrogen) atoms. The second-order valence-electron chi connectivity index (χ2n) is 8.27. The number of likely N-dealkylation sites (tertiary alicyclic amines) is 1. The lowest BCUT2D eigenvalue weighted by atomic mass is 9.85. The van der Waals surface area contributed by atoms with Crippen LogP contribution in [-0.2, 0) is 22.7 Å². The number of amides is 4. The van der Waals surface area contributed by atoms with Crippen LogP contribution in [0.5, 0.6) is 0 Å². The van der Waals surface area contributed by atoms with Gasteiger partial charge in [0.2, 0.25) is 5.91 Å². The molecule has 4 amide bonds. The molecule has 2 aromatic rings. The van der Waals surface area contributed by atoms with Gasteiger partial charge >= 0.3 is 6.03 Å². The summed E-state index contributed by atoms with van der Waals surface area (Å²) in [6.45, 7) is 5.16. The zero-order valence-electron chi connectivity index (χ0n) is 17.5. The van der Waals surface area contributed by atoms with Crippen LogP contribution in [0.4, 0.5) is 4.79 Å². The van der Waals surface area contributed by atoms with E-state index in [4.69, 9.17) is 0 Å². The van der Waals surface area contributed by atoms with E-state index >= 15 is 0 Å².